The van der Waals surface area contributed by atoms with Gasteiger partial charge in [0.25, 0.3) is 0 Å². The van der Waals surface area contributed by atoms with Crippen LogP contribution in [0.3, 0.4) is 0 Å². The van der Waals surface area contributed by atoms with Crippen molar-refractivity contribution < 1.29 is 14.6 Å². The molecule has 1 aliphatic heterocycles. The summed E-state index contributed by atoms with van der Waals surface area (Å²) in [5, 5.41) is 13.6. The molecule has 0 bridgehead atoms. The molecule has 0 aliphatic carbocycles. The minimum Gasteiger partial charge on any atom is -0.491 e. The lowest BCUT2D eigenvalue weighted by Gasteiger charge is -2.28. The molecule has 1 aromatic carbocycles. The topological polar surface area (TPSA) is 79.7 Å². The maximum Gasteiger partial charge on any atom is 0.142 e. The number of ether oxygens (including phenoxy) is 2. The molecule has 2 N–H and O–H groups in total. The lowest BCUT2D eigenvalue weighted by atomic mass is 10.2. The van der Waals surface area contributed by atoms with Gasteiger partial charge >= 0.3 is 0 Å². The summed E-state index contributed by atoms with van der Waals surface area (Å²) >= 11 is 0. The molecule has 1 saturated heterocycles. The van der Waals surface area contributed by atoms with E-state index < -0.39 is 6.10 Å². The molecule has 2 aromatic rings. The van der Waals surface area contributed by atoms with Crippen molar-refractivity contribution in [3.63, 3.8) is 0 Å². The van der Waals surface area contributed by atoms with Gasteiger partial charge in [0.2, 0.25) is 0 Å². The summed E-state index contributed by atoms with van der Waals surface area (Å²) in [4.78, 5) is 11.1. The normalized spacial score (nSPS) is 16.1. The van der Waals surface area contributed by atoms with Gasteiger partial charge in [-0.15, -0.1) is 0 Å². The highest BCUT2D eigenvalue weighted by atomic mass is 16.5. The maximum absolute atomic E-state index is 10.2. The number of hydrogen-bond acceptors (Lipinski definition) is 7. The minimum absolute atomic E-state index is 0.282. The van der Waals surface area contributed by atoms with E-state index in [0.717, 1.165) is 54.8 Å². The molecular weight excluding hydrogens is 356 g/mol. The van der Waals surface area contributed by atoms with Crippen molar-refractivity contribution in [2.75, 3.05) is 39.5 Å². The number of aliphatic hydroxyl groups is 1. The zero-order valence-electron chi connectivity index (χ0n) is 16.7. The summed E-state index contributed by atoms with van der Waals surface area (Å²) in [5.74, 6) is 1.57. The lowest BCUT2D eigenvalue weighted by molar-refractivity contribution is 0.00465. The minimum atomic E-state index is -0.512. The van der Waals surface area contributed by atoms with Gasteiger partial charge in [0, 0.05) is 37.6 Å². The summed E-state index contributed by atoms with van der Waals surface area (Å²) in [6.07, 6.45) is -0.512. The Balaban J connectivity index is 1.42. The third kappa shape index (κ3) is 6.83. The fraction of sp³-hybridized carbons (Fsp3) is 0.524. The molecule has 1 unspecified atom stereocenters. The molecule has 7 nitrogen and oxygen atoms in total. The van der Waals surface area contributed by atoms with E-state index in [1.165, 1.54) is 0 Å². The molecule has 0 saturated carbocycles. The first kappa shape index (κ1) is 20.7. The highest BCUT2D eigenvalue weighted by molar-refractivity contribution is 5.28. The van der Waals surface area contributed by atoms with Gasteiger partial charge in [-0.2, -0.15) is 0 Å². The SMILES string of the molecule is Cc1cc(C)nc(CNCc2cccc(OCC(O)CN3CCOCC3)c2)n1. The number of morpholine rings is 1. The average molecular weight is 386 g/mol. The lowest BCUT2D eigenvalue weighted by Crippen LogP contribution is -2.42. The second-order valence-corrected chi connectivity index (χ2v) is 7.20. The van der Waals surface area contributed by atoms with Gasteiger partial charge in [0.05, 0.1) is 19.8 Å². The van der Waals surface area contributed by atoms with Gasteiger partial charge in [-0.3, -0.25) is 4.90 Å². The molecule has 28 heavy (non-hydrogen) atoms. The second kappa shape index (κ2) is 10.5. The van der Waals surface area contributed by atoms with Crippen LogP contribution in [0.1, 0.15) is 22.8 Å². The van der Waals surface area contributed by atoms with Gasteiger partial charge in [-0.25, -0.2) is 9.97 Å². The number of aromatic nitrogens is 2. The number of hydrogen-bond donors (Lipinski definition) is 2. The number of nitrogens with zero attached hydrogens (tertiary/aromatic N) is 3. The number of nitrogens with one attached hydrogen (secondary N) is 1. The van der Waals surface area contributed by atoms with E-state index in [0.29, 0.717) is 19.6 Å². The molecule has 3 rings (SSSR count). The molecule has 2 heterocycles. The van der Waals surface area contributed by atoms with Crippen LogP contribution < -0.4 is 10.1 Å². The number of benzene rings is 1. The summed E-state index contributed by atoms with van der Waals surface area (Å²) < 4.78 is 11.1. The molecule has 0 spiro atoms. The summed E-state index contributed by atoms with van der Waals surface area (Å²) in [5.41, 5.74) is 3.08. The van der Waals surface area contributed by atoms with Crippen molar-refractivity contribution >= 4 is 0 Å². The van der Waals surface area contributed by atoms with Crippen LogP contribution >= 0.6 is 0 Å². The maximum atomic E-state index is 10.2. The summed E-state index contributed by atoms with van der Waals surface area (Å²) in [6, 6.07) is 9.90. The van der Waals surface area contributed by atoms with Gasteiger partial charge < -0.3 is 19.9 Å². The second-order valence-electron chi connectivity index (χ2n) is 7.20. The molecule has 1 aromatic heterocycles. The Bertz CT molecular complexity index is 730. The van der Waals surface area contributed by atoms with Gasteiger partial charge in [0.15, 0.2) is 0 Å². The van der Waals surface area contributed by atoms with Crippen molar-refractivity contribution in [1.29, 1.82) is 0 Å². The van der Waals surface area contributed by atoms with Crippen LogP contribution in [0.4, 0.5) is 0 Å². The molecule has 1 atom stereocenters. The highest BCUT2D eigenvalue weighted by Gasteiger charge is 2.15. The van der Waals surface area contributed by atoms with E-state index >= 15 is 0 Å². The van der Waals surface area contributed by atoms with E-state index in [1.807, 2.05) is 44.2 Å². The summed E-state index contributed by atoms with van der Waals surface area (Å²) in [6.45, 7) is 9.36. The average Bonchev–Trinajstić information content (AvgIpc) is 2.67. The molecule has 152 valence electrons. The van der Waals surface area contributed by atoms with E-state index in [9.17, 15) is 5.11 Å². The van der Waals surface area contributed by atoms with Crippen LogP contribution in [0.15, 0.2) is 30.3 Å². The van der Waals surface area contributed by atoms with Crippen LogP contribution in [-0.2, 0) is 17.8 Å². The predicted octanol–water partition coefficient (Wildman–Crippen LogP) is 1.46. The fourth-order valence-electron chi connectivity index (χ4n) is 3.27. The third-order valence-electron chi connectivity index (χ3n) is 4.55. The third-order valence-corrected chi connectivity index (χ3v) is 4.55. The van der Waals surface area contributed by atoms with E-state index in [2.05, 4.69) is 20.2 Å². The van der Waals surface area contributed by atoms with Crippen molar-refractivity contribution in [2.24, 2.45) is 0 Å². The van der Waals surface area contributed by atoms with Crippen molar-refractivity contribution in [1.82, 2.24) is 20.2 Å². The molecule has 1 fully saturated rings. The fourth-order valence-corrected chi connectivity index (χ4v) is 3.27. The Morgan fingerprint density at radius 2 is 1.89 bits per heavy atom. The smallest absolute Gasteiger partial charge is 0.142 e. The Labute approximate surface area is 166 Å². The van der Waals surface area contributed by atoms with Gasteiger partial charge in [-0.05, 0) is 37.6 Å². The summed E-state index contributed by atoms with van der Waals surface area (Å²) in [7, 11) is 0. The standard InChI is InChI=1S/C21H30N4O3/c1-16-10-17(2)24-21(23-16)13-22-12-18-4-3-5-20(11-18)28-15-19(26)14-25-6-8-27-9-7-25/h3-5,10-11,19,22,26H,6-9,12-15H2,1-2H3. The molecule has 0 amide bonds. The molecule has 1 aliphatic rings. The van der Waals surface area contributed by atoms with Gasteiger partial charge in [-0.1, -0.05) is 12.1 Å². The van der Waals surface area contributed by atoms with E-state index in [4.69, 9.17) is 9.47 Å². The number of aryl methyl sites for hydroxylation is 2. The Hall–Kier alpha value is -2.06. The number of aliphatic hydroxyl groups excluding tert-OH is 1. The van der Waals surface area contributed by atoms with Crippen molar-refractivity contribution in [3.8, 4) is 5.75 Å². The van der Waals surface area contributed by atoms with E-state index in [-0.39, 0.29) is 6.61 Å². The Morgan fingerprint density at radius 1 is 1.14 bits per heavy atom. The predicted molar refractivity (Wildman–Crippen MR) is 107 cm³/mol. The Kier molecular flexibility index (Phi) is 7.73. The molecule has 0 radical (unpaired) electrons. The van der Waals surface area contributed by atoms with Crippen LogP contribution in [0.25, 0.3) is 0 Å². The van der Waals surface area contributed by atoms with Gasteiger partial charge in [0.1, 0.15) is 24.3 Å². The van der Waals surface area contributed by atoms with Crippen molar-refractivity contribution in [2.45, 2.75) is 33.0 Å². The number of β-amino-alcohol motifs (C(OH)–C–C–N with tert-alkyl or cyclic N) is 1. The van der Waals surface area contributed by atoms with Crippen LogP contribution in [-0.4, -0.2) is 65.5 Å². The zero-order chi connectivity index (χ0) is 19.8. The largest absolute Gasteiger partial charge is 0.491 e. The monoisotopic (exact) mass is 386 g/mol. The first-order valence-corrected chi connectivity index (χ1v) is 9.80. The zero-order valence-corrected chi connectivity index (χ0v) is 16.7. The van der Waals surface area contributed by atoms with Crippen LogP contribution in [0.2, 0.25) is 0 Å². The molecule has 7 heteroatoms. The van der Waals surface area contributed by atoms with Crippen LogP contribution in [0, 0.1) is 13.8 Å². The molecular formula is C21H30N4O3. The number of rotatable bonds is 9. The van der Waals surface area contributed by atoms with Crippen LogP contribution in [0.5, 0.6) is 5.75 Å². The highest BCUT2D eigenvalue weighted by Crippen LogP contribution is 2.14. The van der Waals surface area contributed by atoms with E-state index in [1.54, 1.807) is 0 Å². The first-order valence-electron chi connectivity index (χ1n) is 9.80. The Morgan fingerprint density at radius 3 is 2.64 bits per heavy atom. The quantitative estimate of drug-likeness (QED) is 0.675. The first-order chi connectivity index (χ1) is 13.6. The van der Waals surface area contributed by atoms with Crippen molar-refractivity contribution in [3.05, 3.63) is 53.1 Å².